The van der Waals surface area contributed by atoms with Crippen molar-refractivity contribution in [3.63, 3.8) is 0 Å². The van der Waals surface area contributed by atoms with Crippen LogP contribution in [-0.4, -0.2) is 28.6 Å². The molecule has 12 heteroatoms. The van der Waals surface area contributed by atoms with Gasteiger partial charge in [0.2, 0.25) is 11.7 Å². The van der Waals surface area contributed by atoms with E-state index in [1.165, 1.54) is 30.3 Å². The molecule has 0 radical (unpaired) electrons. The van der Waals surface area contributed by atoms with E-state index in [1.807, 2.05) is 0 Å². The first kappa shape index (κ1) is 23.1. The molecule has 0 bridgehead atoms. The third-order valence-corrected chi connectivity index (χ3v) is 4.16. The largest absolute Gasteiger partial charge is 0.485 e. The number of aryl methyl sites for hydroxylation is 1. The number of anilines is 1. The maximum absolute atomic E-state index is 13.1. The third kappa shape index (κ3) is 6.20. The van der Waals surface area contributed by atoms with Crippen LogP contribution in [0, 0.1) is 6.92 Å². The highest BCUT2D eigenvalue weighted by Crippen LogP contribution is 2.36. The molecule has 1 heterocycles. The summed E-state index contributed by atoms with van der Waals surface area (Å²) in [6.07, 6.45) is -4.73. The highest BCUT2D eigenvalue weighted by molar-refractivity contribution is 6.30. The molecule has 0 saturated heterocycles. The number of esters is 1. The van der Waals surface area contributed by atoms with E-state index >= 15 is 0 Å². The Morgan fingerprint density at radius 3 is 2.50 bits per heavy atom. The number of rotatable bonds is 7. The van der Waals surface area contributed by atoms with Crippen LogP contribution in [-0.2, 0) is 22.3 Å². The average molecular weight is 470 g/mol. The van der Waals surface area contributed by atoms with E-state index in [2.05, 4.69) is 15.5 Å². The minimum Gasteiger partial charge on any atom is -0.485 e. The zero-order valence-corrected chi connectivity index (χ0v) is 17.2. The molecular formula is C20H15ClF3N3O5. The lowest BCUT2D eigenvalue weighted by molar-refractivity contribution is -0.137. The number of aromatic nitrogens is 2. The lowest BCUT2D eigenvalue weighted by atomic mass is 10.1. The van der Waals surface area contributed by atoms with Gasteiger partial charge in [-0.2, -0.15) is 18.2 Å². The molecule has 32 heavy (non-hydrogen) atoms. The number of benzene rings is 2. The number of alkyl halides is 3. The number of carbonyl (C=O) groups is 2. The molecule has 0 unspecified atom stereocenters. The Kier molecular flexibility index (Phi) is 6.98. The molecule has 0 aliphatic rings. The summed E-state index contributed by atoms with van der Waals surface area (Å²) in [4.78, 5) is 28.0. The van der Waals surface area contributed by atoms with Crippen LogP contribution in [0.4, 0.5) is 18.9 Å². The quantitative estimate of drug-likeness (QED) is 0.511. The van der Waals surface area contributed by atoms with Crippen molar-refractivity contribution in [3.05, 3.63) is 70.3 Å². The Morgan fingerprint density at radius 2 is 1.88 bits per heavy atom. The van der Waals surface area contributed by atoms with E-state index in [-0.39, 0.29) is 17.2 Å². The summed E-state index contributed by atoms with van der Waals surface area (Å²) < 4.78 is 54.4. The SMILES string of the molecule is Cc1nc(COc2ccc(C(=O)OCC(=O)Nc3ccc(Cl)cc3C(F)(F)F)cc2)no1. The fourth-order valence-corrected chi connectivity index (χ4v) is 2.67. The standard InChI is InChI=1S/C20H15ClF3N3O5/c1-11-25-17(27-32-11)9-30-14-5-2-12(3-6-14)19(29)31-10-18(28)26-16-7-4-13(21)8-15(16)20(22,23)24/h2-8H,9-10H2,1H3,(H,26,28). The highest BCUT2D eigenvalue weighted by Gasteiger charge is 2.34. The van der Waals surface area contributed by atoms with Crippen molar-refractivity contribution >= 4 is 29.2 Å². The zero-order chi connectivity index (χ0) is 23.3. The molecular weight excluding hydrogens is 455 g/mol. The molecule has 1 N–H and O–H groups in total. The van der Waals surface area contributed by atoms with Crippen LogP contribution in [0.3, 0.4) is 0 Å². The van der Waals surface area contributed by atoms with Crippen LogP contribution in [0.5, 0.6) is 5.75 Å². The van der Waals surface area contributed by atoms with E-state index in [0.717, 1.165) is 6.07 Å². The molecule has 0 aliphatic carbocycles. The summed E-state index contributed by atoms with van der Waals surface area (Å²) >= 11 is 5.59. The number of ether oxygens (including phenoxy) is 2. The minimum absolute atomic E-state index is 0.0614. The Balaban J connectivity index is 1.52. The molecule has 8 nitrogen and oxygen atoms in total. The fourth-order valence-electron chi connectivity index (χ4n) is 2.50. The van der Waals surface area contributed by atoms with Crippen molar-refractivity contribution in [1.82, 2.24) is 10.1 Å². The normalized spacial score (nSPS) is 11.2. The molecule has 3 aromatic rings. The van der Waals surface area contributed by atoms with Crippen LogP contribution in [0.15, 0.2) is 47.0 Å². The van der Waals surface area contributed by atoms with E-state index in [1.54, 1.807) is 6.92 Å². The molecule has 0 spiro atoms. The summed E-state index contributed by atoms with van der Waals surface area (Å²) in [6, 6.07) is 8.68. The van der Waals surface area contributed by atoms with Crippen molar-refractivity contribution in [2.75, 3.05) is 11.9 Å². The van der Waals surface area contributed by atoms with Crippen molar-refractivity contribution < 1.29 is 36.8 Å². The molecule has 1 amide bonds. The Morgan fingerprint density at radius 1 is 1.16 bits per heavy atom. The molecule has 1 aromatic heterocycles. The summed E-state index contributed by atoms with van der Waals surface area (Å²) in [6.45, 7) is 0.919. The van der Waals surface area contributed by atoms with Crippen LogP contribution in [0.25, 0.3) is 0 Å². The van der Waals surface area contributed by atoms with Gasteiger partial charge in [0.1, 0.15) is 5.75 Å². The topological polar surface area (TPSA) is 104 Å². The number of nitrogens with zero attached hydrogens (tertiary/aromatic N) is 2. The lowest BCUT2D eigenvalue weighted by Crippen LogP contribution is -2.22. The van der Waals surface area contributed by atoms with Gasteiger partial charge in [-0.3, -0.25) is 4.79 Å². The fraction of sp³-hybridized carbons (Fsp3) is 0.200. The smallest absolute Gasteiger partial charge is 0.418 e. The zero-order valence-electron chi connectivity index (χ0n) is 16.4. The van der Waals surface area contributed by atoms with Crippen molar-refractivity contribution in [2.45, 2.75) is 19.7 Å². The molecule has 3 rings (SSSR count). The van der Waals surface area contributed by atoms with Crippen molar-refractivity contribution in [3.8, 4) is 5.75 Å². The van der Waals surface area contributed by atoms with Crippen LogP contribution < -0.4 is 10.1 Å². The second-order valence-electron chi connectivity index (χ2n) is 6.35. The molecule has 0 atom stereocenters. The van der Waals surface area contributed by atoms with Gasteiger partial charge in [0, 0.05) is 11.9 Å². The maximum atomic E-state index is 13.1. The Labute approximate surface area is 184 Å². The molecule has 0 saturated carbocycles. The van der Waals surface area contributed by atoms with Crippen LogP contribution in [0.1, 0.15) is 27.6 Å². The number of nitrogens with one attached hydrogen (secondary N) is 1. The van der Waals surface area contributed by atoms with Gasteiger partial charge in [-0.1, -0.05) is 16.8 Å². The first-order valence-electron chi connectivity index (χ1n) is 8.97. The van der Waals surface area contributed by atoms with Crippen molar-refractivity contribution in [2.24, 2.45) is 0 Å². The first-order valence-corrected chi connectivity index (χ1v) is 9.35. The van der Waals surface area contributed by atoms with E-state index in [0.29, 0.717) is 23.5 Å². The summed E-state index contributed by atoms with van der Waals surface area (Å²) in [5, 5.41) is 5.60. The van der Waals surface area contributed by atoms with E-state index < -0.39 is 35.9 Å². The minimum atomic E-state index is -4.73. The summed E-state index contributed by atoms with van der Waals surface area (Å²) in [5.41, 5.74) is -1.50. The monoisotopic (exact) mass is 469 g/mol. The Hall–Kier alpha value is -3.60. The summed E-state index contributed by atoms with van der Waals surface area (Å²) in [7, 11) is 0. The number of carbonyl (C=O) groups excluding carboxylic acids is 2. The van der Waals surface area contributed by atoms with Crippen molar-refractivity contribution in [1.29, 1.82) is 0 Å². The highest BCUT2D eigenvalue weighted by atomic mass is 35.5. The number of hydrogen-bond acceptors (Lipinski definition) is 7. The first-order chi connectivity index (χ1) is 15.1. The molecule has 0 aliphatic heterocycles. The van der Waals surface area contributed by atoms with Gasteiger partial charge in [0.25, 0.3) is 5.91 Å². The average Bonchev–Trinajstić information content (AvgIpc) is 3.16. The van der Waals surface area contributed by atoms with Crippen LogP contribution in [0.2, 0.25) is 5.02 Å². The Bertz CT molecular complexity index is 1120. The van der Waals surface area contributed by atoms with Crippen LogP contribution >= 0.6 is 11.6 Å². The van der Waals surface area contributed by atoms with Gasteiger partial charge < -0.3 is 19.3 Å². The van der Waals surface area contributed by atoms with Gasteiger partial charge >= 0.3 is 12.1 Å². The number of hydrogen-bond donors (Lipinski definition) is 1. The lowest BCUT2D eigenvalue weighted by Gasteiger charge is -2.14. The van der Waals surface area contributed by atoms with E-state index in [9.17, 15) is 22.8 Å². The van der Waals surface area contributed by atoms with Gasteiger partial charge in [-0.25, -0.2) is 4.79 Å². The predicted molar refractivity (Wildman–Crippen MR) is 105 cm³/mol. The second-order valence-corrected chi connectivity index (χ2v) is 6.79. The predicted octanol–water partition coefficient (Wildman–Crippen LogP) is 4.42. The second kappa shape index (κ2) is 9.69. The van der Waals surface area contributed by atoms with E-state index in [4.69, 9.17) is 25.6 Å². The number of halogens is 4. The van der Waals surface area contributed by atoms with Gasteiger partial charge in [-0.05, 0) is 42.5 Å². The van der Waals surface area contributed by atoms with Gasteiger partial charge in [0.15, 0.2) is 13.2 Å². The van der Waals surface area contributed by atoms with Gasteiger partial charge in [-0.15, -0.1) is 0 Å². The number of amides is 1. The molecule has 2 aromatic carbocycles. The molecule has 0 fully saturated rings. The molecule has 168 valence electrons. The summed E-state index contributed by atoms with van der Waals surface area (Å²) in [5.74, 6) is -0.610. The van der Waals surface area contributed by atoms with Gasteiger partial charge in [0.05, 0.1) is 16.8 Å². The third-order valence-electron chi connectivity index (χ3n) is 3.92. The maximum Gasteiger partial charge on any atom is 0.418 e.